The van der Waals surface area contributed by atoms with Crippen molar-refractivity contribution in [2.24, 2.45) is 0 Å². The highest BCUT2D eigenvalue weighted by atomic mass is 16.6. The Labute approximate surface area is 68.6 Å². The molecule has 1 heterocycles. The van der Waals surface area contributed by atoms with E-state index in [4.69, 9.17) is 25.5 Å². The van der Waals surface area contributed by atoms with Gasteiger partial charge >= 0.3 is 0 Å². The summed E-state index contributed by atoms with van der Waals surface area (Å²) in [6.07, 6.45) is -7.04. The van der Waals surface area contributed by atoms with E-state index in [0.29, 0.717) is 0 Å². The molecule has 5 atom stereocenters. The minimum Gasteiger partial charge on any atom is -0.394 e. The van der Waals surface area contributed by atoms with Crippen molar-refractivity contribution in [1.82, 2.24) is 0 Å². The third-order valence-corrected chi connectivity index (χ3v) is 1.87. The molecule has 1 fully saturated rings. The van der Waals surface area contributed by atoms with Crippen LogP contribution >= 0.6 is 0 Å². The predicted octanol–water partition coefficient (Wildman–Crippen LogP) is -3.22. The van der Waals surface area contributed by atoms with Crippen LogP contribution in [0.5, 0.6) is 0 Å². The van der Waals surface area contributed by atoms with Gasteiger partial charge in [0, 0.05) is 0 Å². The van der Waals surface area contributed by atoms with Gasteiger partial charge in [-0.15, -0.1) is 0 Å². The monoisotopic (exact) mass is 180 g/mol. The van der Waals surface area contributed by atoms with E-state index in [1.54, 1.807) is 0 Å². The lowest BCUT2D eigenvalue weighted by molar-refractivity contribution is -0.286. The number of aliphatic hydroxyl groups excluding tert-OH is 5. The molecule has 6 nitrogen and oxygen atoms in total. The van der Waals surface area contributed by atoms with Crippen molar-refractivity contribution in [2.75, 3.05) is 6.61 Å². The van der Waals surface area contributed by atoms with Crippen molar-refractivity contribution in [2.45, 2.75) is 30.7 Å². The van der Waals surface area contributed by atoms with E-state index in [0.717, 1.165) is 0 Å². The molecule has 0 saturated carbocycles. The standard InChI is InChI=1S/C6H12O6/c7-1-2-3(8)4(9)5(10)6(11)12-2/h2-11H,1H2/t2-,3+,4+,5-,6+/m0/s1. The highest BCUT2D eigenvalue weighted by Gasteiger charge is 2.42. The van der Waals surface area contributed by atoms with Crippen LogP contribution in [0.2, 0.25) is 0 Å². The highest BCUT2D eigenvalue weighted by Crippen LogP contribution is 2.18. The van der Waals surface area contributed by atoms with E-state index in [9.17, 15) is 0 Å². The van der Waals surface area contributed by atoms with Crippen LogP contribution in [-0.2, 0) is 4.74 Å². The molecule has 6 heteroatoms. The Balaban J connectivity index is 2.63. The first-order valence-electron chi connectivity index (χ1n) is 3.56. The Kier molecular flexibility index (Phi) is 2.99. The van der Waals surface area contributed by atoms with E-state index in [2.05, 4.69) is 4.74 Å². The molecule has 72 valence electrons. The topological polar surface area (TPSA) is 110 Å². The van der Waals surface area contributed by atoms with Gasteiger partial charge in [0.1, 0.15) is 24.4 Å². The van der Waals surface area contributed by atoms with Crippen molar-refractivity contribution in [3.05, 3.63) is 0 Å². The lowest BCUT2D eigenvalue weighted by Crippen LogP contribution is -2.58. The summed E-state index contributed by atoms with van der Waals surface area (Å²) < 4.78 is 4.58. The van der Waals surface area contributed by atoms with Gasteiger partial charge in [0.05, 0.1) is 6.61 Å². The first kappa shape index (κ1) is 9.85. The van der Waals surface area contributed by atoms with Crippen LogP contribution in [0.1, 0.15) is 0 Å². The second kappa shape index (κ2) is 3.65. The molecule has 0 unspecified atom stereocenters. The lowest BCUT2D eigenvalue weighted by Gasteiger charge is -2.37. The van der Waals surface area contributed by atoms with Gasteiger partial charge in [-0.05, 0) is 0 Å². The normalized spacial score (nSPS) is 49.2. The summed E-state index contributed by atoms with van der Waals surface area (Å²) in [5.74, 6) is 0. The molecular formula is C6H12O6. The van der Waals surface area contributed by atoms with Gasteiger partial charge in [-0.3, -0.25) is 0 Å². The van der Waals surface area contributed by atoms with Gasteiger partial charge in [0.25, 0.3) is 0 Å². The summed E-state index contributed by atoms with van der Waals surface area (Å²) in [6.45, 7) is -0.526. The minimum absolute atomic E-state index is 0.526. The Hall–Kier alpha value is -0.240. The Morgan fingerprint density at radius 3 is 2.00 bits per heavy atom. The average molecular weight is 180 g/mol. The van der Waals surface area contributed by atoms with Crippen molar-refractivity contribution in [3.63, 3.8) is 0 Å². The summed E-state index contributed by atoms with van der Waals surface area (Å²) in [4.78, 5) is 0. The SMILES string of the molecule is OC[C@@H]1O[C@@H](O)[C@@H](O)[C@H](O)[C@@H]1O. The zero-order chi connectivity index (χ0) is 9.30. The molecule has 0 bridgehead atoms. The van der Waals surface area contributed by atoms with Crippen molar-refractivity contribution in [3.8, 4) is 0 Å². The van der Waals surface area contributed by atoms with Crippen molar-refractivity contribution >= 4 is 0 Å². The number of hydrogen-bond donors (Lipinski definition) is 5. The van der Waals surface area contributed by atoms with E-state index in [1.807, 2.05) is 0 Å². The molecular weight excluding hydrogens is 168 g/mol. The maximum atomic E-state index is 9.12. The maximum absolute atomic E-state index is 9.12. The molecule has 12 heavy (non-hydrogen) atoms. The smallest absolute Gasteiger partial charge is 0.184 e. The quantitative estimate of drug-likeness (QED) is 0.290. The minimum atomic E-state index is -1.57. The molecule has 0 radical (unpaired) electrons. The van der Waals surface area contributed by atoms with Crippen LogP contribution in [0.4, 0.5) is 0 Å². The van der Waals surface area contributed by atoms with E-state index in [1.165, 1.54) is 0 Å². The molecule has 1 aliphatic rings. The Bertz CT molecular complexity index is 146. The average Bonchev–Trinajstić information content (AvgIpc) is 2.08. The molecule has 0 spiro atoms. The summed E-state index contributed by atoms with van der Waals surface area (Å²) in [6, 6.07) is 0. The number of rotatable bonds is 1. The molecule has 0 aromatic rings. The van der Waals surface area contributed by atoms with E-state index in [-0.39, 0.29) is 0 Å². The molecule has 1 saturated heterocycles. The zero-order valence-electron chi connectivity index (χ0n) is 6.24. The fourth-order valence-electron chi connectivity index (χ4n) is 1.08. The van der Waals surface area contributed by atoms with Gasteiger partial charge in [0.15, 0.2) is 6.29 Å². The van der Waals surface area contributed by atoms with Crippen molar-refractivity contribution in [1.29, 1.82) is 0 Å². The van der Waals surface area contributed by atoms with Gasteiger partial charge in [0.2, 0.25) is 0 Å². The molecule has 0 aromatic carbocycles. The first-order valence-corrected chi connectivity index (χ1v) is 3.56. The van der Waals surface area contributed by atoms with Crippen LogP contribution in [0.15, 0.2) is 0 Å². The van der Waals surface area contributed by atoms with Gasteiger partial charge < -0.3 is 30.3 Å². The molecule has 0 aromatic heterocycles. The lowest BCUT2D eigenvalue weighted by atomic mass is 10.00. The maximum Gasteiger partial charge on any atom is 0.184 e. The van der Waals surface area contributed by atoms with Crippen LogP contribution in [0.3, 0.4) is 0 Å². The molecule has 0 aliphatic carbocycles. The van der Waals surface area contributed by atoms with Crippen LogP contribution in [0, 0.1) is 0 Å². The summed E-state index contributed by atoms with van der Waals surface area (Å²) in [5.41, 5.74) is 0. The van der Waals surface area contributed by atoms with Gasteiger partial charge in [-0.25, -0.2) is 0 Å². The summed E-state index contributed by atoms with van der Waals surface area (Å²) in [5, 5.41) is 44.7. The van der Waals surface area contributed by atoms with Crippen LogP contribution in [-0.4, -0.2) is 62.8 Å². The summed E-state index contributed by atoms with van der Waals surface area (Å²) in [7, 11) is 0. The fraction of sp³-hybridized carbons (Fsp3) is 1.00. The second-order valence-electron chi connectivity index (χ2n) is 2.72. The molecule has 5 N–H and O–H groups in total. The highest BCUT2D eigenvalue weighted by molar-refractivity contribution is 4.87. The number of hydrogen-bond acceptors (Lipinski definition) is 6. The second-order valence-corrected chi connectivity index (χ2v) is 2.72. The largest absolute Gasteiger partial charge is 0.394 e. The Morgan fingerprint density at radius 1 is 0.917 bits per heavy atom. The van der Waals surface area contributed by atoms with Crippen molar-refractivity contribution < 1.29 is 30.3 Å². The third-order valence-electron chi connectivity index (χ3n) is 1.87. The van der Waals surface area contributed by atoms with Crippen LogP contribution < -0.4 is 0 Å². The number of aliphatic hydroxyl groups is 5. The molecule has 0 amide bonds. The number of ether oxygens (including phenoxy) is 1. The molecule has 1 aliphatic heterocycles. The molecule has 1 rings (SSSR count). The van der Waals surface area contributed by atoms with Gasteiger partial charge in [-0.2, -0.15) is 0 Å². The summed E-state index contributed by atoms with van der Waals surface area (Å²) >= 11 is 0. The van der Waals surface area contributed by atoms with Crippen LogP contribution in [0.25, 0.3) is 0 Å². The Morgan fingerprint density at radius 2 is 1.50 bits per heavy atom. The van der Waals surface area contributed by atoms with E-state index >= 15 is 0 Å². The predicted molar refractivity (Wildman–Crippen MR) is 36.0 cm³/mol. The third kappa shape index (κ3) is 1.58. The van der Waals surface area contributed by atoms with E-state index < -0.39 is 37.3 Å². The first-order chi connectivity index (χ1) is 5.57. The zero-order valence-corrected chi connectivity index (χ0v) is 6.24. The van der Waals surface area contributed by atoms with Gasteiger partial charge in [-0.1, -0.05) is 0 Å². The fourth-order valence-corrected chi connectivity index (χ4v) is 1.08.